The van der Waals surface area contributed by atoms with E-state index in [1.165, 1.54) is 6.42 Å². The number of allylic oxidation sites excluding steroid dienone is 1. The van der Waals surface area contributed by atoms with Gasteiger partial charge in [0.2, 0.25) is 0 Å². The molecule has 1 atom stereocenters. The van der Waals surface area contributed by atoms with Crippen molar-refractivity contribution in [2.75, 3.05) is 19.6 Å². The lowest BCUT2D eigenvalue weighted by molar-refractivity contribution is 0.109. The van der Waals surface area contributed by atoms with E-state index < -0.39 is 0 Å². The smallest absolute Gasteiger partial charge is 0.193 e. The molecule has 6 nitrogen and oxygen atoms in total. The van der Waals surface area contributed by atoms with Crippen LogP contribution in [0.25, 0.3) is 0 Å². The summed E-state index contributed by atoms with van der Waals surface area (Å²) in [6.45, 7) is 5.14. The second-order valence-corrected chi connectivity index (χ2v) is 6.12. The fourth-order valence-corrected chi connectivity index (χ4v) is 3.25. The number of hydrogen-bond donors (Lipinski definition) is 1. The molecule has 1 fully saturated rings. The number of hydrogen-bond acceptors (Lipinski definition) is 6. The molecule has 3 rings (SSSR count). The van der Waals surface area contributed by atoms with E-state index >= 15 is 0 Å². The van der Waals surface area contributed by atoms with Gasteiger partial charge in [-0.3, -0.25) is 10.4 Å². The molecule has 7 heteroatoms. The molecule has 120 valence electrons. The van der Waals surface area contributed by atoms with Crippen LogP contribution < -0.4 is 5.43 Å². The third kappa shape index (κ3) is 3.62. The molecule has 0 aliphatic carbocycles. The van der Waals surface area contributed by atoms with E-state index in [4.69, 9.17) is 16.0 Å². The molecule has 1 N–H and O–H groups in total. The standard InChI is InChI=1S/C15H22ClN5O/c1-12-15(16)21(19-11-18-12)13-4-2-7-20(10-13)8-3-5-14-17-6-9-22-14/h6,9,11,13H,2-5,7-8,10H2,1H3,(H,18,19)/t13-/m1/s1. The van der Waals surface area contributed by atoms with Crippen LogP contribution in [-0.2, 0) is 6.42 Å². The van der Waals surface area contributed by atoms with Crippen molar-refractivity contribution in [1.29, 1.82) is 0 Å². The molecule has 0 unspecified atom stereocenters. The highest BCUT2D eigenvalue weighted by Gasteiger charge is 2.28. The minimum absolute atomic E-state index is 0.379. The first-order valence-electron chi connectivity index (χ1n) is 7.79. The van der Waals surface area contributed by atoms with Crippen LogP contribution in [0.5, 0.6) is 0 Å². The summed E-state index contributed by atoms with van der Waals surface area (Å²) in [6, 6.07) is 0.379. The molecular weight excluding hydrogens is 302 g/mol. The van der Waals surface area contributed by atoms with Gasteiger partial charge in [0.05, 0.1) is 17.9 Å². The summed E-state index contributed by atoms with van der Waals surface area (Å²) in [7, 11) is 0. The molecule has 0 spiro atoms. The number of likely N-dealkylation sites (tertiary alicyclic amines) is 1. The summed E-state index contributed by atoms with van der Waals surface area (Å²) in [5.74, 6) is 0.823. The number of oxazole rings is 1. The van der Waals surface area contributed by atoms with Gasteiger partial charge in [0, 0.05) is 13.0 Å². The van der Waals surface area contributed by atoms with Gasteiger partial charge in [-0.25, -0.2) is 9.98 Å². The van der Waals surface area contributed by atoms with Gasteiger partial charge in [0.25, 0.3) is 0 Å². The lowest BCUT2D eigenvalue weighted by atomic mass is 10.0. The highest BCUT2D eigenvalue weighted by atomic mass is 35.5. The monoisotopic (exact) mass is 323 g/mol. The number of rotatable bonds is 5. The SMILES string of the molecule is CC1=C(Cl)N([C@@H]2CCCN(CCCc3ncco3)C2)NC=N1. The predicted molar refractivity (Wildman–Crippen MR) is 86.3 cm³/mol. The lowest BCUT2D eigenvalue weighted by Crippen LogP contribution is -2.52. The average Bonchev–Trinajstić information content (AvgIpc) is 3.04. The first-order valence-corrected chi connectivity index (χ1v) is 8.17. The minimum atomic E-state index is 0.379. The fraction of sp³-hybridized carbons (Fsp3) is 0.600. The van der Waals surface area contributed by atoms with E-state index in [1.807, 2.05) is 11.9 Å². The number of aryl methyl sites for hydroxylation is 1. The largest absolute Gasteiger partial charge is 0.449 e. The maximum absolute atomic E-state index is 6.38. The van der Waals surface area contributed by atoms with Crippen molar-refractivity contribution < 1.29 is 4.42 Å². The van der Waals surface area contributed by atoms with Crippen molar-refractivity contribution in [3.8, 4) is 0 Å². The maximum atomic E-state index is 6.38. The Morgan fingerprint density at radius 1 is 1.50 bits per heavy atom. The number of nitrogens with zero attached hydrogens (tertiary/aromatic N) is 4. The molecule has 0 bridgehead atoms. The van der Waals surface area contributed by atoms with Gasteiger partial charge in [0.1, 0.15) is 17.8 Å². The molecule has 3 heterocycles. The number of nitrogens with one attached hydrogen (secondary N) is 1. The molecule has 1 aromatic heterocycles. The Balaban J connectivity index is 1.50. The zero-order chi connectivity index (χ0) is 15.4. The van der Waals surface area contributed by atoms with E-state index in [0.717, 1.165) is 50.5 Å². The maximum Gasteiger partial charge on any atom is 0.193 e. The van der Waals surface area contributed by atoms with Crippen molar-refractivity contribution in [2.24, 2.45) is 4.99 Å². The van der Waals surface area contributed by atoms with Crippen molar-refractivity contribution in [2.45, 2.75) is 38.6 Å². The summed E-state index contributed by atoms with van der Waals surface area (Å²) in [5.41, 5.74) is 4.03. The zero-order valence-electron chi connectivity index (χ0n) is 12.8. The minimum Gasteiger partial charge on any atom is -0.449 e. The second-order valence-electron chi connectivity index (χ2n) is 5.76. The molecule has 2 aliphatic heterocycles. The lowest BCUT2D eigenvalue weighted by Gasteiger charge is -2.40. The zero-order valence-corrected chi connectivity index (χ0v) is 13.6. The fourth-order valence-electron chi connectivity index (χ4n) is 3.01. The Hall–Kier alpha value is -1.53. The second kappa shape index (κ2) is 7.15. The van der Waals surface area contributed by atoms with E-state index in [9.17, 15) is 0 Å². The van der Waals surface area contributed by atoms with Gasteiger partial charge in [-0.1, -0.05) is 11.6 Å². The number of halogens is 1. The Morgan fingerprint density at radius 2 is 2.41 bits per heavy atom. The van der Waals surface area contributed by atoms with Crippen LogP contribution in [0.15, 0.2) is 32.7 Å². The third-order valence-corrected chi connectivity index (χ3v) is 4.61. The van der Waals surface area contributed by atoms with Gasteiger partial charge < -0.3 is 9.32 Å². The van der Waals surface area contributed by atoms with Crippen molar-refractivity contribution >= 4 is 17.9 Å². The van der Waals surface area contributed by atoms with Crippen molar-refractivity contribution in [3.63, 3.8) is 0 Å². The van der Waals surface area contributed by atoms with E-state index in [0.29, 0.717) is 11.2 Å². The van der Waals surface area contributed by atoms with Crippen LogP contribution in [0.3, 0.4) is 0 Å². The van der Waals surface area contributed by atoms with Crippen molar-refractivity contribution in [3.05, 3.63) is 29.2 Å². The number of piperidine rings is 1. The molecule has 22 heavy (non-hydrogen) atoms. The summed E-state index contributed by atoms with van der Waals surface area (Å²) >= 11 is 6.38. The molecule has 0 radical (unpaired) electrons. The Kier molecular flexibility index (Phi) is 5.00. The molecule has 0 amide bonds. The predicted octanol–water partition coefficient (Wildman–Crippen LogP) is 2.35. The third-order valence-electron chi connectivity index (χ3n) is 4.16. The number of hydrazine groups is 1. The summed E-state index contributed by atoms with van der Waals surface area (Å²) in [6.07, 6.45) is 9.32. The van der Waals surface area contributed by atoms with Crippen LogP contribution >= 0.6 is 11.6 Å². The van der Waals surface area contributed by atoms with E-state index in [2.05, 4.69) is 20.3 Å². The van der Waals surface area contributed by atoms with Gasteiger partial charge in [-0.15, -0.1) is 0 Å². The normalized spacial score (nSPS) is 23.0. The van der Waals surface area contributed by atoms with E-state index in [1.54, 1.807) is 18.8 Å². The highest BCUT2D eigenvalue weighted by molar-refractivity contribution is 6.29. The van der Waals surface area contributed by atoms with E-state index in [-0.39, 0.29) is 0 Å². The highest BCUT2D eigenvalue weighted by Crippen LogP contribution is 2.24. The van der Waals surface area contributed by atoms with Crippen molar-refractivity contribution in [1.82, 2.24) is 20.3 Å². The Morgan fingerprint density at radius 3 is 3.23 bits per heavy atom. The van der Waals surface area contributed by atoms with Gasteiger partial charge >= 0.3 is 0 Å². The summed E-state index contributed by atoms with van der Waals surface area (Å²) in [4.78, 5) is 10.8. The van der Waals surface area contributed by atoms with Crippen LogP contribution in [0.2, 0.25) is 0 Å². The molecule has 0 aromatic carbocycles. The topological polar surface area (TPSA) is 56.9 Å². The molecule has 2 aliphatic rings. The van der Waals surface area contributed by atoms with Gasteiger partial charge in [0.15, 0.2) is 5.89 Å². The first kappa shape index (κ1) is 15.4. The molecule has 0 saturated carbocycles. The van der Waals surface area contributed by atoms with Crippen LogP contribution in [-0.4, -0.2) is 46.9 Å². The summed E-state index contributed by atoms with van der Waals surface area (Å²) < 4.78 is 5.28. The first-order chi connectivity index (χ1) is 10.7. The van der Waals surface area contributed by atoms with Crippen LogP contribution in [0, 0.1) is 0 Å². The van der Waals surface area contributed by atoms with Crippen LogP contribution in [0.4, 0.5) is 0 Å². The molecule has 1 saturated heterocycles. The molecule has 1 aromatic rings. The van der Waals surface area contributed by atoms with Crippen LogP contribution in [0.1, 0.15) is 32.1 Å². The molecular formula is C15H22ClN5O. The number of aromatic nitrogens is 1. The summed E-state index contributed by atoms with van der Waals surface area (Å²) in [5, 5.41) is 2.75. The quantitative estimate of drug-likeness (QED) is 0.843. The van der Waals surface area contributed by atoms with Gasteiger partial charge in [-0.2, -0.15) is 0 Å². The Labute approximate surface area is 135 Å². The number of aliphatic imine (C=N–C) groups is 1. The Bertz CT molecular complexity index is 542. The van der Waals surface area contributed by atoms with Gasteiger partial charge in [-0.05, 0) is 39.3 Å². The average molecular weight is 324 g/mol.